The van der Waals surface area contributed by atoms with E-state index in [1.54, 1.807) is 11.0 Å². The van der Waals surface area contributed by atoms with Crippen molar-refractivity contribution in [3.8, 4) is 6.07 Å². The van der Waals surface area contributed by atoms with E-state index < -0.39 is 17.3 Å². The van der Waals surface area contributed by atoms with Crippen LogP contribution in [0.15, 0.2) is 29.3 Å². The van der Waals surface area contributed by atoms with Crippen molar-refractivity contribution in [2.45, 2.75) is 37.6 Å². The topological polar surface area (TPSA) is 130 Å². The second kappa shape index (κ2) is 11.8. The van der Waals surface area contributed by atoms with Gasteiger partial charge >= 0.3 is 6.18 Å². The number of aromatic nitrogens is 3. The average Bonchev–Trinajstić information content (AvgIpc) is 3.44. The molecule has 1 amide bonds. The van der Waals surface area contributed by atoms with E-state index in [0.29, 0.717) is 70.6 Å². The van der Waals surface area contributed by atoms with E-state index in [-0.39, 0.29) is 36.3 Å². The molecular weight excluding hydrogens is 529 g/mol. The first-order valence-electron chi connectivity index (χ1n) is 13.4. The third-order valence-corrected chi connectivity index (χ3v) is 7.78. The number of alkyl halides is 3. The van der Waals surface area contributed by atoms with E-state index in [1.807, 2.05) is 16.1 Å². The monoisotopic (exact) mass is 560 g/mol. The normalized spacial score (nSPS) is 23.8. The highest BCUT2D eigenvalue weighted by Crippen LogP contribution is 2.36. The van der Waals surface area contributed by atoms with Gasteiger partial charge in [-0.2, -0.15) is 23.5 Å². The van der Waals surface area contributed by atoms with Crippen molar-refractivity contribution in [3.63, 3.8) is 0 Å². The predicted octanol–water partition coefficient (Wildman–Crippen LogP) is 1.37. The van der Waals surface area contributed by atoms with Crippen molar-refractivity contribution in [2.75, 3.05) is 62.2 Å². The molecular formula is C26H31F3N8O3. The molecule has 3 atom stereocenters. The van der Waals surface area contributed by atoms with E-state index in [0.717, 1.165) is 12.0 Å². The number of rotatable bonds is 6. The van der Waals surface area contributed by atoms with Crippen LogP contribution < -0.4 is 20.7 Å². The average molecular weight is 561 g/mol. The molecule has 3 aliphatic heterocycles. The summed E-state index contributed by atoms with van der Waals surface area (Å²) in [5, 5.41) is 17.7. The number of H-pyrrole nitrogens is 1. The molecule has 0 unspecified atom stereocenters. The van der Waals surface area contributed by atoms with Crippen LogP contribution in [-0.2, 0) is 15.7 Å². The molecule has 40 heavy (non-hydrogen) atoms. The summed E-state index contributed by atoms with van der Waals surface area (Å²) in [6, 6.07) is 5.26. The fourth-order valence-corrected chi connectivity index (χ4v) is 5.72. The molecule has 11 nitrogen and oxygen atoms in total. The Labute approximate surface area is 228 Å². The van der Waals surface area contributed by atoms with Crippen LogP contribution in [0.5, 0.6) is 0 Å². The Kier molecular flexibility index (Phi) is 8.22. The number of piperazine rings is 1. The summed E-state index contributed by atoms with van der Waals surface area (Å²) in [4.78, 5) is 35.1. The highest BCUT2D eigenvalue weighted by Gasteiger charge is 2.41. The lowest BCUT2D eigenvalue weighted by molar-refractivity contribution is -0.138. The number of anilines is 2. The van der Waals surface area contributed by atoms with Crippen molar-refractivity contribution in [3.05, 3.63) is 46.0 Å². The Morgan fingerprint density at radius 3 is 2.65 bits per heavy atom. The van der Waals surface area contributed by atoms with Crippen LogP contribution in [0.4, 0.5) is 24.7 Å². The number of hydrogen-bond acceptors (Lipinski definition) is 9. The van der Waals surface area contributed by atoms with Gasteiger partial charge in [-0.25, -0.2) is 10.1 Å². The fraction of sp³-hybridized carbons (Fsp3) is 0.577. The Morgan fingerprint density at radius 1 is 1.15 bits per heavy atom. The zero-order valence-corrected chi connectivity index (χ0v) is 21.9. The first kappa shape index (κ1) is 27.9. The molecule has 214 valence electrons. The number of nitrogens with one attached hydrogen (secondary N) is 2. The molecule has 3 fully saturated rings. The molecule has 5 rings (SSSR count). The van der Waals surface area contributed by atoms with Crippen LogP contribution in [0.25, 0.3) is 0 Å². The zero-order chi connectivity index (χ0) is 28.3. The van der Waals surface area contributed by atoms with Gasteiger partial charge in [-0.05, 0) is 31.4 Å². The third kappa shape index (κ3) is 6.05. The number of pyridine rings is 1. The lowest BCUT2D eigenvalue weighted by atomic mass is 9.95. The molecule has 5 heterocycles. The number of carbonyl (C=O) groups is 1. The maximum atomic E-state index is 13.6. The second-order valence-electron chi connectivity index (χ2n) is 10.3. The largest absolute Gasteiger partial charge is 0.423 e. The molecule has 2 aromatic rings. The Bertz CT molecular complexity index is 1290. The standard InChI is InChI=1S/C26H31F3N8O3/c27-26(28,29)23-21(15-33-34-24(23)38)37-5-1-2-19(37)16-40-20-10-18(13-31-14-20)25(39)36-8-6-35(7-9-36)22-4-3-17(11-30)12-32-22/h3-4,12,15,18-20,31H,1-2,5-10,13-14,16H2,(H,34,38)/t18-,19+,20-/m1/s1. The van der Waals surface area contributed by atoms with Crippen molar-refractivity contribution >= 4 is 17.4 Å². The number of amides is 1. The molecule has 0 bridgehead atoms. The summed E-state index contributed by atoms with van der Waals surface area (Å²) < 4.78 is 47.0. The van der Waals surface area contributed by atoms with Crippen molar-refractivity contribution in [1.82, 2.24) is 25.4 Å². The summed E-state index contributed by atoms with van der Waals surface area (Å²) in [6.07, 6.45) is -0.639. The lowest BCUT2D eigenvalue weighted by Crippen LogP contribution is -2.54. The molecule has 0 aliphatic carbocycles. The summed E-state index contributed by atoms with van der Waals surface area (Å²) in [7, 11) is 0. The highest BCUT2D eigenvalue weighted by atomic mass is 19.4. The van der Waals surface area contributed by atoms with Crippen LogP contribution in [-0.4, -0.2) is 90.6 Å². The second-order valence-corrected chi connectivity index (χ2v) is 10.3. The maximum absolute atomic E-state index is 13.6. The first-order chi connectivity index (χ1) is 19.2. The molecule has 0 radical (unpaired) electrons. The summed E-state index contributed by atoms with van der Waals surface area (Å²) in [5.74, 6) is 0.574. The number of piperidine rings is 1. The van der Waals surface area contributed by atoms with E-state index in [1.165, 1.54) is 6.20 Å². The minimum absolute atomic E-state index is 0.0557. The van der Waals surface area contributed by atoms with Gasteiger partial charge in [-0.3, -0.25) is 9.59 Å². The van der Waals surface area contributed by atoms with Gasteiger partial charge in [0.25, 0.3) is 5.56 Å². The molecule has 2 N–H and O–H groups in total. The Hall–Kier alpha value is -3.70. The molecule has 3 saturated heterocycles. The Balaban J connectivity index is 1.14. The van der Waals surface area contributed by atoms with Gasteiger partial charge in [-0.15, -0.1) is 0 Å². The molecule has 0 aromatic carbocycles. The Morgan fingerprint density at radius 2 is 1.95 bits per heavy atom. The zero-order valence-electron chi connectivity index (χ0n) is 21.9. The van der Waals surface area contributed by atoms with Gasteiger partial charge in [0.05, 0.1) is 42.1 Å². The summed E-state index contributed by atoms with van der Waals surface area (Å²) >= 11 is 0. The number of hydrogen-bond donors (Lipinski definition) is 2. The molecule has 3 aliphatic rings. The minimum Gasteiger partial charge on any atom is -0.375 e. The van der Waals surface area contributed by atoms with Gasteiger partial charge in [0.1, 0.15) is 17.5 Å². The van der Waals surface area contributed by atoms with Crippen LogP contribution in [0.2, 0.25) is 0 Å². The van der Waals surface area contributed by atoms with Gasteiger partial charge < -0.3 is 24.8 Å². The van der Waals surface area contributed by atoms with Crippen LogP contribution >= 0.6 is 0 Å². The van der Waals surface area contributed by atoms with E-state index in [2.05, 4.69) is 26.4 Å². The van der Waals surface area contributed by atoms with Crippen LogP contribution in [0.1, 0.15) is 30.4 Å². The smallest absolute Gasteiger partial charge is 0.375 e. The third-order valence-electron chi connectivity index (χ3n) is 7.78. The quantitative estimate of drug-likeness (QED) is 0.538. The highest BCUT2D eigenvalue weighted by molar-refractivity contribution is 5.79. The van der Waals surface area contributed by atoms with Gasteiger partial charge in [-0.1, -0.05) is 0 Å². The minimum atomic E-state index is -4.80. The van der Waals surface area contributed by atoms with Gasteiger partial charge in [0.2, 0.25) is 5.91 Å². The molecule has 0 spiro atoms. The number of nitriles is 1. The van der Waals surface area contributed by atoms with Gasteiger partial charge in [0.15, 0.2) is 0 Å². The summed E-state index contributed by atoms with van der Waals surface area (Å²) in [6.45, 7) is 4.05. The summed E-state index contributed by atoms with van der Waals surface area (Å²) in [5.41, 5.74) is -2.23. The number of halogens is 3. The fourth-order valence-electron chi connectivity index (χ4n) is 5.72. The van der Waals surface area contributed by atoms with Crippen molar-refractivity contribution in [2.24, 2.45) is 5.92 Å². The number of carbonyl (C=O) groups excluding carboxylic acids is 1. The van der Waals surface area contributed by atoms with Crippen molar-refractivity contribution in [1.29, 1.82) is 5.26 Å². The molecule has 2 aromatic heterocycles. The number of nitrogens with zero attached hydrogens (tertiary/aromatic N) is 6. The van der Waals surface area contributed by atoms with Crippen LogP contribution in [0.3, 0.4) is 0 Å². The maximum Gasteiger partial charge on any atom is 0.423 e. The van der Waals surface area contributed by atoms with E-state index in [9.17, 15) is 22.8 Å². The van der Waals surface area contributed by atoms with E-state index in [4.69, 9.17) is 10.00 Å². The van der Waals surface area contributed by atoms with E-state index >= 15 is 0 Å². The lowest BCUT2D eigenvalue weighted by Gasteiger charge is -2.39. The molecule has 0 saturated carbocycles. The van der Waals surface area contributed by atoms with Gasteiger partial charge in [0, 0.05) is 52.0 Å². The number of aromatic amines is 1. The predicted molar refractivity (Wildman–Crippen MR) is 139 cm³/mol. The SMILES string of the molecule is N#Cc1ccc(N2CCN(C(=O)[C@H]3CNC[C@H](OC[C@@H]4CCCN4c4cn[nH]c(=O)c4C(F)(F)F)C3)CC2)nc1. The van der Waals surface area contributed by atoms with Crippen LogP contribution in [0, 0.1) is 17.2 Å². The molecule has 14 heteroatoms. The number of ether oxygens (including phenoxy) is 1. The van der Waals surface area contributed by atoms with Crippen molar-refractivity contribution < 1.29 is 22.7 Å². The first-order valence-corrected chi connectivity index (χ1v) is 13.4.